The number of carbonyl (C=O) groups is 1. The Labute approximate surface area is 174 Å². The van der Waals surface area contributed by atoms with Crippen LogP contribution < -0.4 is 4.74 Å². The quantitative estimate of drug-likeness (QED) is 0.396. The molecule has 152 valence electrons. The van der Waals surface area contributed by atoms with Gasteiger partial charge < -0.3 is 9.47 Å². The summed E-state index contributed by atoms with van der Waals surface area (Å²) in [6, 6.07) is 12.5. The van der Waals surface area contributed by atoms with Gasteiger partial charge in [0.25, 0.3) is 0 Å². The van der Waals surface area contributed by atoms with Crippen molar-refractivity contribution in [3.05, 3.63) is 69.7 Å². The molecule has 0 unspecified atom stereocenters. The summed E-state index contributed by atoms with van der Waals surface area (Å²) in [5, 5.41) is 1.29. The van der Waals surface area contributed by atoms with Gasteiger partial charge in [0.15, 0.2) is 5.75 Å². The molecule has 0 aliphatic heterocycles. The lowest BCUT2D eigenvalue weighted by atomic mass is 10.0. The van der Waals surface area contributed by atoms with Crippen LogP contribution in [0.25, 0.3) is 10.8 Å². The summed E-state index contributed by atoms with van der Waals surface area (Å²) in [5.41, 5.74) is -0.0146. The third-order valence-corrected chi connectivity index (χ3v) is 4.83. The number of benzene rings is 3. The molecule has 0 bridgehead atoms. The third-order valence-electron chi connectivity index (χ3n) is 4.27. The molecule has 0 N–H and O–H groups in total. The summed E-state index contributed by atoms with van der Waals surface area (Å²) in [6.45, 7) is 0. The van der Waals surface area contributed by atoms with E-state index in [0.29, 0.717) is 12.2 Å². The average Bonchev–Trinajstić information content (AvgIpc) is 2.67. The van der Waals surface area contributed by atoms with Gasteiger partial charge in [-0.05, 0) is 47.0 Å². The summed E-state index contributed by atoms with van der Waals surface area (Å²) >= 11 is 11.9. The fourth-order valence-corrected chi connectivity index (χ4v) is 3.34. The second-order valence-corrected chi connectivity index (χ2v) is 7.10. The number of aryl methyl sites for hydroxylation is 1. The van der Waals surface area contributed by atoms with Crippen molar-refractivity contribution >= 4 is 39.9 Å². The summed E-state index contributed by atoms with van der Waals surface area (Å²) in [4.78, 5) is 11.3. The predicted octanol–water partition coefficient (Wildman–Crippen LogP) is 7.06. The van der Waals surface area contributed by atoms with Crippen LogP contribution in [0.15, 0.2) is 48.5 Å². The zero-order valence-corrected chi connectivity index (χ0v) is 16.7. The van der Waals surface area contributed by atoms with E-state index in [1.54, 1.807) is 18.2 Å². The molecule has 0 spiro atoms. The molecular formula is C21H15Cl2F3O3. The van der Waals surface area contributed by atoms with Crippen molar-refractivity contribution in [1.82, 2.24) is 0 Å². The minimum Gasteiger partial charge on any atom is -0.469 e. The highest BCUT2D eigenvalue weighted by Crippen LogP contribution is 2.42. The molecule has 0 aliphatic carbocycles. The fraction of sp³-hybridized carbons (Fsp3) is 0.190. The van der Waals surface area contributed by atoms with Gasteiger partial charge in [0.1, 0.15) is 5.75 Å². The van der Waals surface area contributed by atoms with E-state index in [0.717, 1.165) is 28.5 Å². The van der Waals surface area contributed by atoms with E-state index < -0.39 is 11.7 Å². The van der Waals surface area contributed by atoms with Gasteiger partial charge in [0, 0.05) is 6.42 Å². The number of carbonyl (C=O) groups excluding carboxylic acids is 1. The monoisotopic (exact) mass is 442 g/mol. The zero-order chi connectivity index (χ0) is 21.2. The summed E-state index contributed by atoms with van der Waals surface area (Å²) in [5.74, 6) is 0.0162. The van der Waals surface area contributed by atoms with Crippen LogP contribution in [-0.2, 0) is 22.1 Å². The molecule has 0 amide bonds. The van der Waals surface area contributed by atoms with Crippen LogP contribution >= 0.6 is 23.2 Å². The predicted molar refractivity (Wildman–Crippen MR) is 106 cm³/mol. The Morgan fingerprint density at radius 3 is 2.24 bits per heavy atom. The van der Waals surface area contributed by atoms with E-state index in [1.165, 1.54) is 7.11 Å². The molecule has 3 nitrogen and oxygen atoms in total. The highest BCUT2D eigenvalue weighted by atomic mass is 35.5. The highest BCUT2D eigenvalue weighted by Gasteiger charge is 2.32. The number of fused-ring (bicyclic) bond motifs is 1. The molecule has 3 aromatic carbocycles. The van der Waals surface area contributed by atoms with E-state index in [1.807, 2.05) is 18.2 Å². The first-order valence-corrected chi connectivity index (χ1v) is 9.26. The highest BCUT2D eigenvalue weighted by molar-refractivity contribution is 6.37. The van der Waals surface area contributed by atoms with Gasteiger partial charge in [-0.3, -0.25) is 4.79 Å². The molecule has 3 aromatic rings. The molecule has 29 heavy (non-hydrogen) atoms. The van der Waals surface area contributed by atoms with E-state index in [-0.39, 0.29) is 28.2 Å². The second-order valence-electron chi connectivity index (χ2n) is 6.29. The van der Waals surface area contributed by atoms with Gasteiger partial charge in [-0.1, -0.05) is 47.5 Å². The molecule has 0 saturated carbocycles. The Hall–Kier alpha value is -2.44. The van der Waals surface area contributed by atoms with Crippen molar-refractivity contribution in [2.45, 2.75) is 19.0 Å². The first-order chi connectivity index (χ1) is 13.7. The summed E-state index contributed by atoms with van der Waals surface area (Å²) < 4.78 is 48.9. The van der Waals surface area contributed by atoms with Crippen molar-refractivity contribution in [1.29, 1.82) is 0 Å². The number of hydrogen-bond donors (Lipinski definition) is 0. The molecule has 8 heteroatoms. The van der Waals surface area contributed by atoms with Gasteiger partial charge in [-0.15, -0.1) is 0 Å². The lowest BCUT2D eigenvalue weighted by molar-refractivity contribution is -0.140. The van der Waals surface area contributed by atoms with Crippen molar-refractivity contribution < 1.29 is 27.4 Å². The van der Waals surface area contributed by atoms with Crippen LogP contribution in [0.5, 0.6) is 11.5 Å². The third kappa shape index (κ3) is 5.14. The van der Waals surface area contributed by atoms with Crippen molar-refractivity contribution in [3.63, 3.8) is 0 Å². The molecule has 0 atom stereocenters. The maximum atomic E-state index is 12.9. The maximum absolute atomic E-state index is 12.9. The number of hydrogen-bond acceptors (Lipinski definition) is 3. The number of methoxy groups -OCH3 is 1. The van der Waals surface area contributed by atoms with Crippen LogP contribution in [0.1, 0.15) is 17.5 Å². The van der Waals surface area contributed by atoms with Gasteiger partial charge in [0.05, 0.1) is 22.7 Å². The number of alkyl halides is 3. The Balaban J connectivity index is 1.88. The smallest absolute Gasteiger partial charge is 0.416 e. The Morgan fingerprint density at radius 2 is 1.62 bits per heavy atom. The molecule has 0 aromatic heterocycles. The number of esters is 1. The van der Waals surface area contributed by atoms with Crippen molar-refractivity contribution in [2.24, 2.45) is 0 Å². The molecule has 0 fully saturated rings. The van der Waals surface area contributed by atoms with Gasteiger partial charge in [-0.2, -0.15) is 13.2 Å². The SMILES string of the molecule is COC(=O)CCc1ccc2ccc(Oc3c(Cl)cc(C(F)(F)F)cc3Cl)cc2c1. The first kappa shape index (κ1) is 21.3. The van der Waals surface area contributed by atoms with Crippen LogP contribution in [0, 0.1) is 0 Å². The molecule has 0 saturated heterocycles. The van der Waals surface area contributed by atoms with E-state index in [4.69, 9.17) is 27.9 Å². The van der Waals surface area contributed by atoms with Crippen LogP contribution in [0.2, 0.25) is 10.0 Å². The normalized spacial score (nSPS) is 11.5. The number of rotatable bonds is 5. The van der Waals surface area contributed by atoms with Crippen molar-refractivity contribution in [2.75, 3.05) is 7.11 Å². The summed E-state index contributed by atoms with van der Waals surface area (Å²) in [7, 11) is 1.34. The summed E-state index contributed by atoms with van der Waals surface area (Å²) in [6.07, 6.45) is -3.78. The molecule has 3 rings (SSSR count). The average molecular weight is 443 g/mol. The molecule has 0 radical (unpaired) electrons. The molecule has 0 heterocycles. The largest absolute Gasteiger partial charge is 0.469 e. The maximum Gasteiger partial charge on any atom is 0.416 e. The lowest BCUT2D eigenvalue weighted by Gasteiger charge is -2.14. The molecular weight excluding hydrogens is 428 g/mol. The number of halogens is 5. The zero-order valence-electron chi connectivity index (χ0n) is 15.1. The topological polar surface area (TPSA) is 35.5 Å². The van der Waals surface area contributed by atoms with E-state index in [9.17, 15) is 18.0 Å². The van der Waals surface area contributed by atoms with E-state index in [2.05, 4.69) is 4.74 Å². The Morgan fingerprint density at radius 1 is 0.966 bits per heavy atom. The van der Waals surface area contributed by atoms with E-state index >= 15 is 0 Å². The van der Waals surface area contributed by atoms with Crippen LogP contribution in [0.4, 0.5) is 13.2 Å². The van der Waals surface area contributed by atoms with Gasteiger partial charge >= 0.3 is 12.1 Å². The molecule has 0 aliphatic rings. The van der Waals surface area contributed by atoms with Gasteiger partial charge in [-0.25, -0.2) is 0 Å². The minimum atomic E-state index is -4.56. The minimum absolute atomic E-state index is 0.0532. The lowest BCUT2D eigenvalue weighted by Crippen LogP contribution is -2.05. The second kappa shape index (κ2) is 8.51. The van der Waals surface area contributed by atoms with Crippen LogP contribution in [0.3, 0.4) is 0 Å². The first-order valence-electron chi connectivity index (χ1n) is 8.51. The van der Waals surface area contributed by atoms with Crippen LogP contribution in [-0.4, -0.2) is 13.1 Å². The van der Waals surface area contributed by atoms with Crippen molar-refractivity contribution in [3.8, 4) is 11.5 Å². The Kier molecular flexibility index (Phi) is 6.24. The Bertz CT molecular complexity index is 1040. The standard InChI is InChI=1S/C21H15Cl2F3O3/c1-28-19(27)7-3-12-2-4-13-5-6-16(9-14(13)8-12)29-20-17(22)10-15(11-18(20)23)21(24,25)26/h2,4-6,8-11H,3,7H2,1H3. The fourth-order valence-electron chi connectivity index (χ4n) is 2.78. The number of ether oxygens (including phenoxy) is 2. The van der Waals surface area contributed by atoms with Gasteiger partial charge in [0.2, 0.25) is 0 Å².